The van der Waals surface area contributed by atoms with Crippen molar-refractivity contribution in [2.45, 2.75) is 25.5 Å². The van der Waals surface area contributed by atoms with Crippen molar-refractivity contribution in [3.05, 3.63) is 18.0 Å². The van der Waals surface area contributed by atoms with Gasteiger partial charge in [0, 0.05) is 30.8 Å². The predicted molar refractivity (Wildman–Crippen MR) is 53.7 cm³/mol. The van der Waals surface area contributed by atoms with Crippen LogP contribution >= 0.6 is 0 Å². The second-order valence-electron chi connectivity index (χ2n) is 4.11. The van der Waals surface area contributed by atoms with E-state index in [0.717, 1.165) is 18.6 Å². The van der Waals surface area contributed by atoms with E-state index in [2.05, 4.69) is 12.0 Å². The predicted octanol–water partition coefficient (Wildman–Crippen LogP) is 0.845. The highest BCUT2D eigenvalue weighted by atomic mass is 16.5. The molecule has 1 aliphatic heterocycles. The molecule has 0 radical (unpaired) electrons. The van der Waals surface area contributed by atoms with Gasteiger partial charge >= 0.3 is 0 Å². The lowest BCUT2D eigenvalue weighted by Gasteiger charge is -2.15. The van der Waals surface area contributed by atoms with Gasteiger partial charge in [0.2, 0.25) is 0 Å². The second kappa shape index (κ2) is 3.71. The molecule has 0 aliphatic carbocycles. The van der Waals surface area contributed by atoms with Crippen LogP contribution in [0.5, 0.6) is 0 Å². The maximum absolute atomic E-state index is 6.14. The Kier molecular flexibility index (Phi) is 2.56. The molecule has 3 atom stereocenters. The number of nitrogens with two attached hydrogens (primary N) is 1. The number of ether oxygens (including phenoxy) is 1. The van der Waals surface area contributed by atoms with Gasteiger partial charge in [0.25, 0.3) is 0 Å². The molecule has 1 saturated heterocycles. The van der Waals surface area contributed by atoms with E-state index in [1.807, 2.05) is 19.4 Å². The zero-order valence-corrected chi connectivity index (χ0v) is 8.68. The first-order valence-electron chi connectivity index (χ1n) is 5.02. The largest absolute Gasteiger partial charge is 0.378 e. The summed E-state index contributed by atoms with van der Waals surface area (Å²) in [5, 5.41) is 4.12. The number of aromatic nitrogens is 2. The van der Waals surface area contributed by atoms with Gasteiger partial charge in [-0.15, -0.1) is 0 Å². The van der Waals surface area contributed by atoms with E-state index in [1.54, 1.807) is 4.68 Å². The monoisotopic (exact) mass is 195 g/mol. The summed E-state index contributed by atoms with van der Waals surface area (Å²) in [5.41, 5.74) is 7.25. The van der Waals surface area contributed by atoms with Crippen LogP contribution in [0.4, 0.5) is 0 Å². The lowest BCUT2D eigenvalue weighted by molar-refractivity contribution is 0.118. The zero-order chi connectivity index (χ0) is 10.1. The lowest BCUT2D eigenvalue weighted by atomic mass is 9.94. The first-order chi connectivity index (χ1) is 6.66. The van der Waals surface area contributed by atoms with Gasteiger partial charge in [0.05, 0.1) is 18.9 Å². The third-order valence-corrected chi connectivity index (χ3v) is 2.85. The number of nitrogens with zero attached hydrogens (tertiary/aromatic N) is 2. The number of aryl methyl sites for hydroxylation is 1. The van der Waals surface area contributed by atoms with Crippen molar-refractivity contribution < 1.29 is 4.74 Å². The Morgan fingerprint density at radius 1 is 1.71 bits per heavy atom. The molecule has 1 aliphatic rings. The van der Waals surface area contributed by atoms with E-state index in [1.165, 1.54) is 0 Å². The highest BCUT2D eigenvalue weighted by molar-refractivity contribution is 5.11. The molecule has 3 unspecified atom stereocenters. The minimum Gasteiger partial charge on any atom is -0.378 e. The fraction of sp³-hybridized carbons (Fsp3) is 0.700. The number of hydrogen-bond acceptors (Lipinski definition) is 3. The van der Waals surface area contributed by atoms with Gasteiger partial charge in [0.1, 0.15) is 0 Å². The highest BCUT2D eigenvalue weighted by Gasteiger charge is 2.28. The molecule has 2 rings (SSSR count). The van der Waals surface area contributed by atoms with Crippen LogP contribution in [0.15, 0.2) is 12.4 Å². The van der Waals surface area contributed by atoms with Gasteiger partial charge < -0.3 is 10.5 Å². The van der Waals surface area contributed by atoms with E-state index in [0.29, 0.717) is 12.0 Å². The Morgan fingerprint density at radius 2 is 2.50 bits per heavy atom. The number of hydrogen-bond donors (Lipinski definition) is 1. The Morgan fingerprint density at radius 3 is 3.00 bits per heavy atom. The Labute approximate surface area is 84.0 Å². The Bertz CT molecular complexity index is 310. The molecule has 0 spiro atoms. The maximum Gasteiger partial charge on any atom is 0.0551 e. The molecule has 0 amide bonds. The van der Waals surface area contributed by atoms with Crippen LogP contribution in [0, 0.1) is 5.92 Å². The Hall–Kier alpha value is -0.870. The highest BCUT2D eigenvalue weighted by Crippen LogP contribution is 2.29. The quantitative estimate of drug-likeness (QED) is 0.761. The first kappa shape index (κ1) is 9.68. The average molecular weight is 195 g/mol. The van der Waals surface area contributed by atoms with Gasteiger partial charge in [-0.3, -0.25) is 4.68 Å². The molecular weight excluding hydrogens is 178 g/mol. The van der Waals surface area contributed by atoms with Gasteiger partial charge in [-0.1, -0.05) is 0 Å². The summed E-state index contributed by atoms with van der Waals surface area (Å²) in [6.07, 6.45) is 5.22. The first-order valence-corrected chi connectivity index (χ1v) is 5.02. The standard InChI is InChI=1S/C10H17N3O/c1-7-3-8(6-14-7)10(11)9-4-12-13(2)5-9/h4-5,7-8,10H,3,6,11H2,1-2H3. The molecule has 4 nitrogen and oxygen atoms in total. The van der Waals surface area contributed by atoms with Crippen LogP contribution in [0.1, 0.15) is 24.9 Å². The smallest absolute Gasteiger partial charge is 0.0551 e. The van der Waals surface area contributed by atoms with Crippen molar-refractivity contribution in [3.8, 4) is 0 Å². The molecule has 1 aromatic rings. The van der Waals surface area contributed by atoms with Gasteiger partial charge in [-0.2, -0.15) is 5.10 Å². The molecule has 1 fully saturated rings. The topological polar surface area (TPSA) is 53.1 Å². The fourth-order valence-electron chi connectivity index (χ4n) is 1.99. The van der Waals surface area contributed by atoms with Crippen LogP contribution in [-0.2, 0) is 11.8 Å². The summed E-state index contributed by atoms with van der Waals surface area (Å²) < 4.78 is 7.29. The van der Waals surface area contributed by atoms with Crippen LogP contribution in [-0.4, -0.2) is 22.5 Å². The van der Waals surface area contributed by atoms with E-state index < -0.39 is 0 Å². The van der Waals surface area contributed by atoms with Crippen LogP contribution in [0.2, 0.25) is 0 Å². The molecule has 1 aromatic heterocycles. The van der Waals surface area contributed by atoms with E-state index in [-0.39, 0.29) is 6.04 Å². The maximum atomic E-state index is 6.14. The lowest BCUT2D eigenvalue weighted by Crippen LogP contribution is -2.21. The van der Waals surface area contributed by atoms with Gasteiger partial charge in [-0.25, -0.2) is 0 Å². The summed E-state index contributed by atoms with van der Waals surface area (Å²) in [5.74, 6) is 0.439. The molecule has 2 heterocycles. The summed E-state index contributed by atoms with van der Waals surface area (Å²) in [4.78, 5) is 0. The molecular formula is C10H17N3O. The summed E-state index contributed by atoms with van der Waals surface area (Å²) in [6.45, 7) is 2.87. The summed E-state index contributed by atoms with van der Waals surface area (Å²) in [6, 6.07) is 0.0636. The van der Waals surface area contributed by atoms with E-state index in [9.17, 15) is 0 Å². The van der Waals surface area contributed by atoms with E-state index >= 15 is 0 Å². The van der Waals surface area contributed by atoms with Crippen molar-refractivity contribution in [1.29, 1.82) is 0 Å². The molecule has 4 heteroatoms. The van der Waals surface area contributed by atoms with Crippen molar-refractivity contribution >= 4 is 0 Å². The van der Waals surface area contributed by atoms with Crippen LogP contribution in [0.25, 0.3) is 0 Å². The molecule has 14 heavy (non-hydrogen) atoms. The fourth-order valence-corrected chi connectivity index (χ4v) is 1.99. The van der Waals surface area contributed by atoms with Crippen molar-refractivity contribution in [2.24, 2.45) is 18.7 Å². The zero-order valence-electron chi connectivity index (χ0n) is 8.68. The molecule has 0 saturated carbocycles. The second-order valence-corrected chi connectivity index (χ2v) is 4.11. The van der Waals surface area contributed by atoms with Crippen molar-refractivity contribution in [2.75, 3.05) is 6.61 Å². The average Bonchev–Trinajstić information content (AvgIpc) is 2.73. The van der Waals surface area contributed by atoms with Gasteiger partial charge in [-0.05, 0) is 13.3 Å². The minimum atomic E-state index is 0.0636. The number of rotatable bonds is 2. The Balaban J connectivity index is 2.05. The van der Waals surface area contributed by atoms with Crippen LogP contribution < -0.4 is 5.73 Å². The van der Waals surface area contributed by atoms with Crippen LogP contribution in [0.3, 0.4) is 0 Å². The molecule has 0 aromatic carbocycles. The summed E-state index contributed by atoms with van der Waals surface area (Å²) in [7, 11) is 1.91. The molecule has 78 valence electrons. The summed E-state index contributed by atoms with van der Waals surface area (Å²) >= 11 is 0. The van der Waals surface area contributed by atoms with Crippen molar-refractivity contribution in [3.63, 3.8) is 0 Å². The third-order valence-electron chi connectivity index (χ3n) is 2.85. The SMILES string of the molecule is CC1CC(C(N)c2cnn(C)c2)CO1. The van der Waals surface area contributed by atoms with E-state index in [4.69, 9.17) is 10.5 Å². The third kappa shape index (κ3) is 1.81. The van der Waals surface area contributed by atoms with Crippen molar-refractivity contribution in [1.82, 2.24) is 9.78 Å². The minimum absolute atomic E-state index is 0.0636. The molecule has 0 bridgehead atoms. The van der Waals surface area contributed by atoms with Gasteiger partial charge in [0.15, 0.2) is 0 Å². The normalized spacial score (nSPS) is 29.4. The molecule has 2 N–H and O–H groups in total.